The van der Waals surface area contributed by atoms with Gasteiger partial charge in [0.25, 0.3) is 0 Å². The van der Waals surface area contributed by atoms with Gasteiger partial charge in [0, 0.05) is 11.8 Å². The molecule has 2 rings (SSSR count). The Hall–Kier alpha value is -3.03. The normalized spacial score (nSPS) is 13.4. The number of alkyl halides is 1. The van der Waals surface area contributed by atoms with Crippen LogP contribution in [0, 0.1) is 22.7 Å². The fourth-order valence-electron chi connectivity index (χ4n) is 2.74. The van der Waals surface area contributed by atoms with Gasteiger partial charge in [0.2, 0.25) is 0 Å². The van der Waals surface area contributed by atoms with E-state index in [9.17, 15) is 15.2 Å². The summed E-state index contributed by atoms with van der Waals surface area (Å²) < 4.78 is 0. The first-order valence-corrected chi connectivity index (χ1v) is 10.0. The van der Waals surface area contributed by atoms with Crippen LogP contribution in [0.25, 0.3) is 11.1 Å². The number of azo groups is 1. The second-order valence-electron chi connectivity index (χ2n) is 7.41. The van der Waals surface area contributed by atoms with E-state index in [1.54, 1.807) is 39.0 Å². The van der Waals surface area contributed by atoms with E-state index in [1.807, 2.05) is 30.3 Å². The number of carbonyl (C=O) groups is 1. The molecule has 0 radical (unpaired) electrons. The van der Waals surface area contributed by atoms with Gasteiger partial charge in [-0.2, -0.15) is 20.8 Å². The molecule has 0 aliphatic rings. The van der Waals surface area contributed by atoms with Crippen LogP contribution in [0.15, 0.2) is 52.7 Å². The number of benzene rings is 2. The maximum absolute atomic E-state index is 12.1. The number of carboxylic acid groups (broad SMARTS) is 1. The molecule has 0 aromatic heterocycles. The van der Waals surface area contributed by atoms with Gasteiger partial charge in [-0.25, -0.2) is 4.79 Å². The average Bonchev–Trinajstić information content (AvgIpc) is 2.72. The van der Waals surface area contributed by atoms with E-state index in [4.69, 9.17) is 5.26 Å². The maximum Gasteiger partial charge on any atom is 0.336 e. The summed E-state index contributed by atoms with van der Waals surface area (Å²) in [4.78, 5) is 12.1. The molecule has 0 saturated heterocycles. The fraction of sp³-hybridized carbons (Fsp3) is 0.318. The summed E-state index contributed by atoms with van der Waals surface area (Å²) in [6, 6.07) is 16.9. The molecule has 0 fully saturated rings. The molecule has 0 aliphatic carbocycles. The van der Waals surface area contributed by atoms with Crippen molar-refractivity contribution in [2.75, 3.05) is 0 Å². The number of aromatic carboxylic acids is 1. The van der Waals surface area contributed by atoms with Crippen molar-refractivity contribution < 1.29 is 9.90 Å². The lowest BCUT2D eigenvalue weighted by atomic mass is 9.88. The van der Waals surface area contributed by atoms with E-state index in [0.29, 0.717) is 16.5 Å². The van der Waals surface area contributed by atoms with Gasteiger partial charge in [0.05, 0.1) is 17.7 Å². The highest BCUT2D eigenvalue weighted by Crippen LogP contribution is 2.30. The maximum atomic E-state index is 12.1. The first-order chi connectivity index (χ1) is 13.6. The van der Waals surface area contributed by atoms with E-state index >= 15 is 0 Å². The summed E-state index contributed by atoms with van der Waals surface area (Å²) in [5, 5.41) is 37.4. The number of rotatable bonds is 7. The van der Waals surface area contributed by atoms with Crippen LogP contribution in [0.5, 0.6) is 0 Å². The van der Waals surface area contributed by atoms with Gasteiger partial charge in [-0.1, -0.05) is 58.4 Å². The molecule has 0 spiro atoms. The van der Waals surface area contributed by atoms with Gasteiger partial charge in [-0.05, 0) is 43.0 Å². The molecule has 0 bridgehead atoms. The minimum Gasteiger partial charge on any atom is -0.478 e. The highest BCUT2D eigenvalue weighted by atomic mass is 79.9. The van der Waals surface area contributed by atoms with Gasteiger partial charge in [0.1, 0.15) is 0 Å². The van der Waals surface area contributed by atoms with Gasteiger partial charge < -0.3 is 5.11 Å². The van der Waals surface area contributed by atoms with Crippen LogP contribution >= 0.6 is 15.9 Å². The average molecular weight is 453 g/mol. The zero-order valence-corrected chi connectivity index (χ0v) is 18.1. The van der Waals surface area contributed by atoms with Crippen LogP contribution in [0.2, 0.25) is 0 Å². The van der Waals surface area contributed by atoms with Crippen LogP contribution in [0.4, 0.5) is 0 Å². The zero-order valence-electron chi connectivity index (χ0n) is 16.5. The van der Waals surface area contributed by atoms with Crippen molar-refractivity contribution in [3.05, 3.63) is 59.2 Å². The summed E-state index contributed by atoms with van der Waals surface area (Å²) in [7, 11) is 0. The minimum absolute atomic E-state index is 0.0590. The van der Waals surface area contributed by atoms with Crippen molar-refractivity contribution in [1.82, 2.24) is 0 Å². The van der Waals surface area contributed by atoms with Gasteiger partial charge in [-0.3, -0.25) is 0 Å². The number of nitriles is 2. The lowest BCUT2D eigenvalue weighted by molar-refractivity contribution is 0.0696. The third-order valence-corrected chi connectivity index (χ3v) is 5.00. The molecule has 1 atom stereocenters. The monoisotopic (exact) mass is 452 g/mol. The highest BCUT2D eigenvalue weighted by Gasteiger charge is 2.29. The molecular formula is C22H21BrN4O2. The lowest BCUT2D eigenvalue weighted by Gasteiger charge is -2.20. The predicted octanol–water partition coefficient (Wildman–Crippen LogP) is 5.53. The van der Waals surface area contributed by atoms with Gasteiger partial charge in [0.15, 0.2) is 11.1 Å². The van der Waals surface area contributed by atoms with Crippen molar-refractivity contribution in [3.63, 3.8) is 0 Å². The molecule has 1 N–H and O–H groups in total. The Morgan fingerprint density at radius 1 is 1.07 bits per heavy atom. The first-order valence-electron chi connectivity index (χ1n) is 8.92. The molecule has 0 heterocycles. The van der Waals surface area contributed by atoms with Crippen LogP contribution in [-0.4, -0.2) is 22.2 Å². The van der Waals surface area contributed by atoms with Crippen LogP contribution < -0.4 is 0 Å². The molecular weight excluding hydrogens is 432 g/mol. The lowest BCUT2D eigenvalue weighted by Crippen LogP contribution is -2.25. The zero-order chi connectivity index (χ0) is 21.7. The quantitative estimate of drug-likeness (QED) is 0.439. The molecule has 148 valence electrons. The molecule has 6 nitrogen and oxygen atoms in total. The number of hydrogen-bond acceptors (Lipinski definition) is 5. The summed E-state index contributed by atoms with van der Waals surface area (Å²) in [5.74, 6) is -1.07. The van der Waals surface area contributed by atoms with E-state index in [2.05, 4.69) is 32.2 Å². The SMILES string of the molecule is CC(C)(C#N)N=NC(C)(C#N)Cc1cccc(-c2ccc(CBr)cc2)c1C(=O)O. The van der Waals surface area contributed by atoms with E-state index in [0.717, 1.165) is 11.1 Å². The Labute approximate surface area is 178 Å². The topological polar surface area (TPSA) is 110 Å². The van der Waals surface area contributed by atoms with Crippen LogP contribution in [0.3, 0.4) is 0 Å². The number of hydrogen-bond donors (Lipinski definition) is 1. The molecule has 0 amide bonds. The third-order valence-electron chi connectivity index (χ3n) is 4.35. The molecule has 0 saturated carbocycles. The Balaban J connectivity index is 2.51. The van der Waals surface area contributed by atoms with Crippen molar-refractivity contribution in [2.24, 2.45) is 10.2 Å². The summed E-state index contributed by atoms with van der Waals surface area (Å²) in [6.07, 6.45) is 0.0590. The minimum atomic E-state index is -1.29. The Kier molecular flexibility index (Phi) is 6.89. The van der Waals surface area contributed by atoms with E-state index in [-0.39, 0.29) is 12.0 Å². The molecule has 2 aromatic carbocycles. The summed E-state index contributed by atoms with van der Waals surface area (Å²) in [5.41, 5.74) is 0.696. The first kappa shape index (κ1) is 22.3. The summed E-state index contributed by atoms with van der Waals surface area (Å²) >= 11 is 3.40. The second-order valence-corrected chi connectivity index (χ2v) is 7.97. The summed E-state index contributed by atoms with van der Waals surface area (Å²) in [6.45, 7) is 4.76. The number of carboxylic acids is 1. The molecule has 0 aliphatic heterocycles. The molecule has 29 heavy (non-hydrogen) atoms. The van der Waals surface area contributed by atoms with Gasteiger partial charge >= 0.3 is 5.97 Å². The van der Waals surface area contributed by atoms with E-state index < -0.39 is 17.0 Å². The van der Waals surface area contributed by atoms with Crippen molar-refractivity contribution in [2.45, 2.75) is 43.6 Å². The Bertz CT molecular complexity index is 1020. The Morgan fingerprint density at radius 3 is 2.24 bits per heavy atom. The molecule has 7 heteroatoms. The molecule has 2 aromatic rings. The van der Waals surface area contributed by atoms with Gasteiger partial charge in [-0.15, -0.1) is 0 Å². The number of halogens is 1. The second kappa shape index (κ2) is 8.98. The van der Waals surface area contributed by atoms with Crippen molar-refractivity contribution >= 4 is 21.9 Å². The smallest absolute Gasteiger partial charge is 0.336 e. The fourth-order valence-corrected chi connectivity index (χ4v) is 3.11. The highest BCUT2D eigenvalue weighted by molar-refractivity contribution is 9.08. The van der Waals surface area contributed by atoms with E-state index in [1.165, 1.54) is 0 Å². The number of nitrogens with zero attached hydrogens (tertiary/aromatic N) is 4. The largest absolute Gasteiger partial charge is 0.478 e. The van der Waals surface area contributed by atoms with Crippen LogP contribution in [0.1, 0.15) is 42.3 Å². The standard InChI is InChI=1S/C22H21BrN4O2/c1-21(2,13-24)26-27-22(3,14-25)11-17-5-4-6-18(19(17)20(28)29)16-9-7-15(12-23)8-10-16/h4-10H,11-12H2,1-3H3,(H,28,29). The van der Waals surface area contributed by atoms with Crippen molar-refractivity contribution in [3.8, 4) is 23.3 Å². The Morgan fingerprint density at radius 2 is 1.72 bits per heavy atom. The van der Waals surface area contributed by atoms with Crippen LogP contribution in [-0.2, 0) is 11.8 Å². The predicted molar refractivity (Wildman–Crippen MR) is 114 cm³/mol. The molecule has 1 unspecified atom stereocenters. The van der Waals surface area contributed by atoms with Crippen molar-refractivity contribution in [1.29, 1.82) is 10.5 Å². The third kappa shape index (κ3) is 5.49.